The molecular formula is C14H13N3O. The van der Waals surface area contributed by atoms with Crippen LogP contribution >= 0.6 is 0 Å². The van der Waals surface area contributed by atoms with Crippen molar-refractivity contribution < 1.29 is 5.11 Å². The van der Waals surface area contributed by atoms with E-state index in [1.54, 1.807) is 0 Å². The second-order valence-electron chi connectivity index (χ2n) is 4.11. The lowest BCUT2D eigenvalue weighted by atomic mass is 10.2. The number of aliphatic hydroxyl groups excluding tert-OH is 1. The number of benzene rings is 2. The van der Waals surface area contributed by atoms with Crippen molar-refractivity contribution in [3.05, 3.63) is 54.4 Å². The first-order valence-corrected chi connectivity index (χ1v) is 5.73. The fourth-order valence-electron chi connectivity index (χ4n) is 2.12. The lowest BCUT2D eigenvalue weighted by Gasteiger charge is -2.07. The summed E-state index contributed by atoms with van der Waals surface area (Å²) in [4.78, 5) is 4.40. The minimum atomic E-state index is -0.108. The number of rotatable bonds is 2. The van der Waals surface area contributed by atoms with Crippen LogP contribution in [0.5, 0.6) is 0 Å². The van der Waals surface area contributed by atoms with Gasteiger partial charge in [-0.15, -0.1) is 0 Å². The van der Waals surface area contributed by atoms with E-state index in [2.05, 4.69) is 4.98 Å². The van der Waals surface area contributed by atoms with Gasteiger partial charge in [-0.2, -0.15) is 0 Å². The molecule has 0 spiro atoms. The van der Waals surface area contributed by atoms with Crippen molar-refractivity contribution in [3.8, 4) is 5.69 Å². The van der Waals surface area contributed by atoms with Crippen molar-refractivity contribution in [1.82, 2.24) is 9.55 Å². The van der Waals surface area contributed by atoms with E-state index in [1.807, 2.05) is 53.1 Å². The van der Waals surface area contributed by atoms with Crippen molar-refractivity contribution in [1.29, 1.82) is 0 Å². The highest BCUT2D eigenvalue weighted by atomic mass is 16.3. The molecule has 1 aromatic heterocycles. The third kappa shape index (κ3) is 1.63. The van der Waals surface area contributed by atoms with Crippen LogP contribution in [0.1, 0.15) is 5.82 Å². The summed E-state index contributed by atoms with van der Waals surface area (Å²) in [6.07, 6.45) is 0. The molecule has 0 aliphatic carbocycles. The molecule has 4 nitrogen and oxygen atoms in total. The minimum absolute atomic E-state index is 0.108. The van der Waals surface area contributed by atoms with Gasteiger partial charge in [-0.3, -0.25) is 4.57 Å². The maximum atomic E-state index is 9.44. The zero-order valence-electron chi connectivity index (χ0n) is 9.74. The van der Waals surface area contributed by atoms with Crippen molar-refractivity contribution in [3.63, 3.8) is 0 Å². The predicted octanol–water partition coefficient (Wildman–Crippen LogP) is 2.10. The van der Waals surface area contributed by atoms with Gasteiger partial charge in [0.1, 0.15) is 12.4 Å². The van der Waals surface area contributed by atoms with Gasteiger partial charge in [0.15, 0.2) is 0 Å². The number of imidazole rings is 1. The lowest BCUT2D eigenvalue weighted by Crippen LogP contribution is -2.00. The molecule has 0 unspecified atom stereocenters. The highest BCUT2D eigenvalue weighted by Gasteiger charge is 2.11. The smallest absolute Gasteiger partial charge is 0.140 e. The predicted molar refractivity (Wildman–Crippen MR) is 71.4 cm³/mol. The SMILES string of the molecule is Nc1ccc2c(c1)nc(CO)n2-c1ccccc1. The van der Waals surface area contributed by atoms with E-state index < -0.39 is 0 Å². The molecule has 3 aromatic rings. The number of hydrogen-bond acceptors (Lipinski definition) is 3. The molecule has 1 heterocycles. The van der Waals surface area contributed by atoms with Gasteiger partial charge in [0.2, 0.25) is 0 Å². The Labute approximate surface area is 104 Å². The van der Waals surface area contributed by atoms with Gasteiger partial charge in [0.25, 0.3) is 0 Å². The Kier molecular flexibility index (Phi) is 2.50. The van der Waals surface area contributed by atoms with Crippen LogP contribution < -0.4 is 5.73 Å². The van der Waals surface area contributed by atoms with Crippen molar-refractivity contribution in [2.75, 3.05) is 5.73 Å². The van der Waals surface area contributed by atoms with Crippen molar-refractivity contribution >= 4 is 16.7 Å². The van der Waals surface area contributed by atoms with E-state index in [0.29, 0.717) is 11.5 Å². The van der Waals surface area contributed by atoms with E-state index in [9.17, 15) is 5.11 Å². The molecule has 90 valence electrons. The minimum Gasteiger partial charge on any atom is -0.399 e. The summed E-state index contributed by atoms with van der Waals surface area (Å²) in [7, 11) is 0. The summed E-state index contributed by atoms with van der Waals surface area (Å²) in [5, 5.41) is 9.44. The van der Waals surface area contributed by atoms with Gasteiger partial charge in [0, 0.05) is 11.4 Å². The van der Waals surface area contributed by atoms with Crippen LogP contribution in [0.15, 0.2) is 48.5 Å². The van der Waals surface area contributed by atoms with Crippen LogP contribution in [0.25, 0.3) is 16.7 Å². The summed E-state index contributed by atoms with van der Waals surface area (Å²) < 4.78 is 1.94. The normalized spacial score (nSPS) is 10.9. The Morgan fingerprint density at radius 1 is 1.11 bits per heavy atom. The number of aliphatic hydroxyl groups is 1. The van der Waals surface area contributed by atoms with Crippen molar-refractivity contribution in [2.45, 2.75) is 6.61 Å². The first-order valence-electron chi connectivity index (χ1n) is 5.73. The number of nitrogens with zero attached hydrogens (tertiary/aromatic N) is 2. The Balaban J connectivity index is 2.33. The second-order valence-corrected chi connectivity index (χ2v) is 4.11. The Morgan fingerprint density at radius 3 is 2.61 bits per heavy atom. The number of nitrogen functional groups attached to an aromatic ring is 1. The van der Waals surface area contributed by atoms with Crippen LogP contribution in [0.3, 0.4) is 0 Å². The highest BCUT2D eigenvalue weighted by Crippen LogP contribution is 2.23. The number of para-hydroxylation sites is 1. The Morgan fingerprint density at radius 2 is 1.89 bits per heavy atom. The fourth-order valence-corrected chi connectivity index (χ4v) is 2.12. The summed E-state index contributed by atoms with van der Waals surface area (Å²) in [5.41, 5.74) is 9.14. The average molecular weight is 239 g/mol. The Hall–Kier alpha value is -2.33. The molecule has 0 aliphatic rings. The van der Waals surface area contributed by atoms with E-state index >= 15 is 0 Å². The van der Waals surface area contributed by atoms with E-state index in [-0.39, 0.29) is 6.61 Å². The van der Waals surface area contributed by atoms with Gasteiger partial charge in [-0.05, 0) is 30.3 Å². The number of fused-ring (bicyclic) bond motifs is 1. The Bertz CT molecular complexity index is 689. The summed E-state index contributed by atoms with van der Waals surface area (Å²) in [6, 6.07) is 15.4. The molecule has 0 fully saturated rings. The van der Waals surface area contributed by atoms with Crippen LogP contribution in [-0.2, 0) is 6.61 Å². The molecule has 3 rings (SSSR count). The van der Waals surface area contributed by atoms with Crippen LogP contribution in [0, 0.1) is 0 Å². The monoisotopic (exact) mass is 239 g/mol. The molecule has 0 aliphatic heterocycles. The highest BCUT2D eigenvalue weighted by molar-refractivity contribution is 5.81. The first-order chi connectivity index (χ1) is 8.79. The number of anilines is 1. The van der Waals surface area contributed by atoms with Gasteiger partial charge in [-0.25, -0.2) is 4.98 Å². The summed E-state index contributed by atoms with van der Waals surface area (Å²) in [5.74, 6) is 0.613. The molecule has 18 heavy (non-hydrogen) atoms. The maximum Gasteiger partial charge on any atom is 0.140 e. The fraction of sp³-hybridized carbons (Fsp3) is 0.0714. The largest absolute Gasteiger partial charge is 0.399 e. The maximum absolute atomic E-state index is 9.44. The van der Waals surface area contributed by atoms with Gasteiger partial charge in [0.05, 0.1) is 11.0 Å². The zero-order chi connectivity index (χ0) is 12.5. The summed E-state index contributed by atoms with van der Waals surface area (Å²) >= 11 is 0. The molecule has 0 radical (unpaired) electrons. The van der Waals surface area contributed by atoms with Gasteiger partial charge < -0.3 is 10.8 Å². The molecule has 2 aromatic carbocycles. The van der Waals surface area contributed by atoms with E-state index in [1.165, 1.54) is 0 Å². The molecule has 3 N–H and O–H groups in total. The van der Waals surface area contributed by atoms with Crippen LogP contribution in [0.2, 0.25) is 0 Å². The zero-order valence-corrected chi connectivity index (χ0v) is 9.74. The molecule has 4 heteroatoms. The third-order valence-electron chi connectivity index (χ3n) is 2.90. The van der Waals surface area contributed by atoms with E-state index in [0.717, 1.165) is 16.7 Å². The van der Waals surface area contributed by atoms with Gasteiger partial charge >= 0.3 is 0 Å². The lowest BCUT2D eigenvalue weighted by molar-refractivity contribution is 0.270. The third-order valence-corrected chi connectivity index (χ3v) is 2.90. The van der Waals surface area contributed by atoms with Crippen LogP contribution in [-0.4, -0.2) is 14.7 Å². The summed E-state index contributed by atoms with van der Waals surface area (Å²) in [6.45, 7) is -0.108. The molecule has 0 amide bonds. The average Bonchev–Trinajstić information content (AvgIpc) is 2.77. The number of aromatic nitrogens is 2. The molecule has 0 bridgehead atoms. The molecule has 0 saturated heterocycles. The second kappa shape index (κ2) is 4.16. The van der Waals surface area contributed by atoms with Gasteiger partial charge in [-0.1, -0.05) is 18.2 Å². The quantitative estimate of drug-likeness (QED) is 0.673. The topological polar surface area (TPSA) is 64.1 Å². The number of nitrogens with two attached hydrogens (primary N) is 1. The van der Waals surface area contributed by atoms with Crippen molar-refractivity contribution in [2.24, 2.45) is 0 Å². The number of hydrogen-bond donors (Lipinski definition) is 2. The molecule has 0 atom stereocenters. The van der Waals surface area contributed by atoms with Crippen LogP contribution in [0.4, 0.5) is 5.69 Å². The molecule has 0 saturated carbocycles. The molecular weight excluding hydrogens is 226 g/mol. The van der Waals surface area contributed by atoms with E-state index in [4.69, 9.17) is 5.73 Å². The first kappa shape index (κ1) is 10.8. The standard InChI is InChI=1S/C14H13N3O/c15-10-6-7-13-12(8-10)16-14(9-18)17(13)11-4-2-1-3-5-11/h1-8,18H,9,15H2.